The molecular weight excluding hydrogens is 550 g/mol. The quantitative estimate of drug-likeness (QED) is 0.397. The van der Waals surface area contributed by atoms with Gasteiger partial charge in [0, 0.05) is 10.1 Å². The van der Waals surface area contributed by atoms with E-state index in [0.717, 1.165) is 37.8 Å². The summed E-state index contributed by atoms with van der Waals surface area (Å²) in [4.78, 5) is 26.9. The van der Waals surface area contributed by atoms with Crippen molar-refractivity contribution in [3.63, 3.8) is 0 Å². The second kappa shape index (κ2) is 9.49. The lowest BCUT2D eigenvalue weighted by atomic mass is 9.92. The number of ether oxygens (including phenoxy) is 1. The van der Waals surface area contributed by atoms with Gasteiger partial charge in [-0.3, -0.25) is 9.59 Å². The molecule has 0 bridgehead atoms. The number of hydrogen-bond acceptors (Lipinski definition) is 5. The van der Waals surface area contributed by atoms with E-state index in [1.807, 2.05) is 22.6 Å². The molecule has 0 spiro atoms. The van der Waals surface area contributed by atoms with Gasteiger partial charge in [0.15, 0.2) is 17.2 Å². The van der Waals surface area contributed by atoms with Crippen LogP contribution in [0.15, 0.2) is 30.3 Å². The van der Waals surface area contributed by atoms with Crippen molar-refractivity contribution >= 4 is 45.8 Å². The normalized spacial score (nSPS) is 17.5. The van der Waals surface area contributed by atoms with Crippen LogP contribution in [0, 0.1) is 26.9 Å². The van der Waals surface area contributed by atoms with Gasteiger partial charge in [-0.15, -0.1) is 0 Å². The third kappa shape index (κ3) is 4.81. The molecule has 1 saturated heterocycles. The molecule has 0 radical (unpaired) electrons. The van der Waals surface area contributed by atoms with Crippen molar-refractivity contribution in [3.05, 3.63) is 56.9 Å². The van der Waals surface area contributed by atoms with Crippen molar-refractivity contribution < 1.29 is 27.5 Å². The summed E-state index contributed by atoms with van der Waals surface area (Å²) in [6.45, 7) is 0.111. The van der Waals surface area contributed by atoms with Gasteiger partial charge in [0.1, 0.15) is 5.82 Å². The first-order valence-electron chi connectivity index (χ1n) is 10.7. The maximum Gasteiger partial charge on any atom is 0.309 e. The molecule has 2 aliphatic rings. The molecule has 2 fully saturated rings. The lowest BCUT2D eigenvalue weighted by Gasteiger charge is -2.48. The number of rotatable bonds is 6. The van der Waals surface area contributed by atoms with E-state index in [-0.39, 0.29) is 42.8 Å². The molecule has 1 aliphatic heterocycles. The molecule has 0 atom stereocenters. The van der Waals surface area contributed by atoms with Crippen LogP contribution >= 0.6 is 22.6 Å². The minimum atomic E-state index is -1.29. The third-order valence-corrected chi connectivity index (χ3v) is 6.81. The average Bonchev–Trinajstić information content (AvgIpc) is 3.30. The summed E-state index contributed by atoms with van der Waals surface area (Å²) in [5.74, 6) is -4.21. The molecule has 10 heteroatoms. The van der Waals surface area contributed by atoms with Crippen LogP contribution in [0.5, 0.6) is 0 Å². The van der Waals surface area contributed by atoms with E-state index < -0.39 is 34.6 Å². The largest absolute Gasteiger partial charge is 0.454 e. The monoisotopic (exact) mass is 573 g/mol. The SMILES string of the molecule is NCC1(OC(=O)C2CCCC2)CN(C(=O)c2ccc(F)c(F)c2Nc2ccc(I)cc2F)C1. The van der Waals surface area contributed by atoms with E-state index in [1.165, 1.54) is 17.0 Å². The molecule has 1 aliphatic carbocycles. The maximum absolute atomic E-state index is 14.6. The fourth-order valence-electron chi connectivity index (χ4n) is 4.23. The van der Waals surface area contributed by atoms with Crippen LogP contribution in [-0.2, 0) is 9.53 Å². The van der Waals surface area contributed by atoms with Crippen LogP contribution in [0.1, 0.15) is 36.0 Å². The molecule has 1 amide bonds. The molecule has 2 aromatic carbocycles. The number of carbonyl (C=O) groups excluding carboxylic acids is 2. The van der Waals surface area contributed by atoms with Gasteiger partial charge in [0.2, 0.25) is 0 Å². The van der Waals surface area contributed by atoms with Crippen LogP contribution < -0.4 is 11.1 Å². The Balaban J connectivity index is 1.53. The summed E-state index contributed by atoms with van der Waals surface area (Å²) >= 11 is 1.92. The predicted molar refractivity (Wildman–Crippen MR) is 124 cm³/mol. The number of amides is 1. The number of benzene rings is 2. The molecule has 4 rings (SSSR count). The number of halogens is 4. The topological polar surface area (TPSA) is 84.7 Å². The predicted octanol–water partition coefficient (Wildman–Crippen LogP) is 4.34. The minimum absolute atomic E-state index is 0.0337. The lowest BCUT2D eigenvalue weighted by molar-refractivity contribution is -0.178. The lowest BCUT2D eigenvalue weighted by Crippen LogP contribution is -2.68. The summed E-state index contributed by atoms with van der Waals surface area (Å²) in [6, 6.07) is 6.18. The summed E-state index contributed by atoms with van der Waals surface area (Å²) < 4.78 is 49.2. The maximum atomic E-state index is 14.6. The Morgan fingerprint density at radius 3 is 2.45 bits per heavy atom. The molecule has 0 unspecified atom stereocenters. The first-order chi connectivity index (χ1) is 15.7. The number of hydrogen-bond donors (Lipinski definition) is 2. The number of likely N-dealkylation sites (tertiary alicyclic amines) is 1. The van der Waals surface area contributed by atoms with Crippen LogP contribution in [0.3, 0.4) is 0 Å². The molecule has 2 aromatic rings. The molecule has 1 heterocycles. The number of carbonyl (C=O) groups is 2. The van der Waals surface area contributed by atoms with Gasteiger partial charge in [-0.2, -0.15) is 0 Å². The van der Waals surface area contributed by atoms with Crippen LogP contribution in [0.4, 0.5) is 24.5 Å². The van der Waals surface area contributed by atoms with E-state index >= 15 is 0 Å². The molecule has 3 N–H and O–H groups in total. The minimum Gasteiger partial charge on any atom is -0.454 e. The van der Waals surface area contributed by atoms with Crippen molar-refractivity contribution in [3.8, 4) is 0 Å². The first kappa shape index (κ1) is 23.8. The van der Waals surface area contributed by atoms with Gasteiger partial charge in [-0.25, -0.2) is 13.2 Å². The van der Waals surface area contributed by atoms with Gasteiger partial charge in [0.25, 0.3) is 5.91 Å². The molecule has 176 valence electrons. The van der Waals surface area contributed by atoms with E-state index in [4.69, 9.17) is 10.5 Å². The Morgan fingerprint density at radius 2 is 1.82 bits per heavy atom. The van der Waals surface area contributed by atoms with Gasteiger partial charge >= 0.3 is 5.97 Å². The zero-order chi connectivity index (χ0) is 23.8. The smallest absolute Gasteiger partial charge is 0.309 e. The summed E-state index contributed by atoms with van der Waals surface area (Å²) in [5.41, 5.74) is 4.12. The highest BCUT2D eigenvalue weighted by Crippen LogP contribution is 2.34. The van der Waals surface area contributed by atoms with Crippen molar-refractivity contribution in [2.24, 2.45) is 11.7 Å². The van der Waals surface area contributed by atoms with Crippen molar-refractivity contribution in [1.29, 1.82) is 0 Å². The Hall–Kier alpha value is -2.34. The Morgan fingerprint density at radius 1 is 1.12 bits per heavy atom. The Labute approximate surface area is 202 Å². The van der Waals surface area contributed by atoms with Crippen molar-refractivity contribution in [1.82, 2.24) is 4.90 Å². The van der Waals surface area contributed by atoms with E-state index in [1.54, 1.807) is 6.07 Å². The highest BCUT2D eigenvalue weighted by Gasteiger charge is 2.49. The zero-order valence-corrected chi connectivity index (χ0v) is 19.8. The number of esters is 1. The van der Waals surface area contributed by atoms with Crippen molar-refractivity contribution in [2.75, 3.05) is 25.0 Å². The summed E-state index contributed by atoms with van der Waals surface area (Å²) in [6.07, 6.45) is 3.52. The second-order valence-electron chi connectivity index (χ2n) is 8.48. The highest BCUT2D eigenvalue weighted by atomic mass is 127. The van der Waals surface area contributed by atoms with Crippen LogP contribution in [0.2, 0.25) is 0 Å². The van der Waals surface area contributed by atoms with Crippen LogP contribution in [0.25, 0.3) is 0 Å². The van der Waals surface area contributed by atoms with Crippen molar-refractivity contribution in [2.45, 2.75) is 31.3 Å². The summed E-state index contributed by atoms with van der Waals surface area (Å²) in [7, 11) is 0. The van der Waals surface area contributed by atoms with Gasteiger partial charge in [-0.05, 0) is 65.8 Å². The number of nitrogens with one attached hydrogen (secondary N) is 1. The standard InChI is InChI=1S/C23H23F3IN3O3/c24-16-7-6-15(20(19(16)26)29-18-8-5-14(27)9-17(18)25)21(31)30-11-23(10-28,12-30)33-22(32)13-3-1-2-4-13/h5-9,13,29H,1-4,10-12,28H2. The molecule has 33 heavy (non-hydrogen) atoms. The molecular formula is C23H23F3IN3O3. The molecule has 6 nitrogen and oxygen atoms in total. The molecule has 0 aromatic heterocycles. The third-order valence-electron chi connectivity index (χ3n) is 6.14. The van der Waals surface area contributed by atoms with Crippen LogP contribution in [-0.4, -0.2) is 42.0 Å². The number of nitrogens with zero attached hydrogens (tertiary/aromatic N) is 1. The van der Waals surface area contributed by atoms with E-state index in [9.17, 15) is 22.8 Å². The second-order valence-corrected chi connectivity index (χ2v) is 9.73. The van der Waals surface area contributed by atoms with E-state index in [0.29, 0.717) is 3.57 Å². The fourth-order valence-corrected chi connectivity index (χ4v) is 4.69. The zero-order valence-electron chi connectivity index (χ0n) is 17.7. The number of anilines is 2. The summed E-state index contributed by atoms with van der Waals surface area (Å²) in [5, 5.41) is 2.51. The Bertz CT molecular complexity index is 1090. The van der Waals surface area contributed by atoms with Gasteiger partial charge in [0.05, 0.1) is 35.9 Å². The average molecular weight is 573 g/mol. The molecule has 1 saturated carbocycles. The number of nitrogens with two attached hydrogens (primary N) is 1. The van der Waals surface area contributed by atoms with Gasteiger partial charge < -0.3 is 20.7 Å². The van der Waals surface area contributed by atoms with E-state index in [2.05, 4.69) is 5.32 Å². The first-order valence-corrected chi connectivity index (χ1v) is 11.7. The Kier molecular flexibility index (Phi) is 6.85. The fraction of sp³-hybridized carbons (Fsp3) is 0.391. The van der Waals surface area contributed by atoms with Gasteiger partial charge in [-0.1, -0.05) is 12.8 Å². The highest BCUT2D eigenvalue weighted by molar-refractivity contribution is 14.1.